The Morgan fingerprint density at radius 1 is 1.18 bits per heavy atom. The number of likely N-dealkylation sites (N-methyl/N-ethyl adjacent to an activating group) is 1. The van der Waals surface area contributed by atoms with Crippen LogP contribution in [-0.4, -0.2) is 29.7 Å². The third-order valence-electron chi connectivity index (χ3n) is 4.37. The number of nitrogens with zero attached hydrogens (tertiary/aromatic N) is 1. The molecule has 116 valence electrons. The minimum absolute atomic E-state index is 0.0334. The first-order chi connectivity index (χ1) is 10.6. The average Bonchev–Trinajstić information content (AvgIpc) is 2.49. The van der Waals surface area contributed by atoms with Crippen LogP contribution in [0.2, 0.25) is 0 Å². The van der Waals surface area contributed by atoms with Crippen LogP contribution < -0.4 is 4.74 Å². The lowest BCUT2D eigenvalue weighted by molar-refractivity contribution is 0.0114. The largest absolute Gasteiger partial charge is 0.491 e. The van der Waals surface area contributed by atoms with Crippen molar-refractivity contribution in [1.82, 2.24) is 4.90 Å². The van der Waals surface area contributed by atoms with E-state index in [0.29, 0.717) is 6.61 Å². The molecule has 0 amide bonds. The van der Waals surface area contributed by atoms with Crippen LogP contribution in [0.1, 0.15) is 28.4 Å². The predicted molar refractivity (Wildman–Crippen MR) is 88.1 cm³/mol. The molecule has 3 heteroatoms. The number of hydrogen-bond donors (Lipinski definition) is 1. The molecule has 2 aromatic carbocycles. The molecule has 1 aliphatic heterocycles. The lowest BCUT2D eigenvalue weighted by Crippen LogP contribution is -2.43. The van der Waals surface area contributed by atoms with Gasteiger partial charge in [-0.15, -0.1) is 0 Å². The molecule has 0 saturated heterocycles. The average molecular weight is 297 g/mol. The lowest BCUT2D eigenvalue weighted by atomic mass is 9.94. The number of aliphatic hydroxyl groups is 1. The first kappa shape index (κ1) is 15.1. The van der Waals surface area contributed by atoms with Gasteiger partial charge in [0.1, 0.15) is 18.5 Å². The summed E-state index contributed by atoms with van der Waals surface area (Å²) in [5.74, 6) is 0.850. The molecular formula is C19H23NO2. The third kappa shape index (κ3) is 2.87. The van der Waals surface area contributed by atoms with Crippen LogP contribution in [0, 0.1) is 13.8 Å². The summed E-state index contributed by atoms with van der Waals surface area (Å²) in [4.78, 5) is 2.17. The van der Waals surface area contributed by atoms with Crippen molar-refractivity contribution in [1.29, 1.82) is 0 Å². The second-order valence-corrected chi connectivity index (χ2v) is 6.22. The van der Waals surface area contributed by atoms with Gasteiger partial charge in [0.2, 0.25) is 0 Å². The maximum Gasteiger partial charge on any atom is 0.128 e. The van der Waals surface area contributed by atoms with Gasteiger partial charge in [0.25, 0.3) is 0 Å². The summed E-state index contributed by atoms with van der Waals surface area (Å²) in [6.45, 7) is 5.40. The molecule has 0 aromatic heterocycles. The van der Waals surface area contributed by atoms with Crippen molar-refractivity contribution in [3.05, 3.63) is 64.7 Å². The Morgan fingerprint density at radius 3 is 2.64 bits per heavy atom. The van der Waals surface area contributed by atoms with Gasteiger partial charge in [0.05, 0.1) is 6.04 Å². The van der Waals surface area contributed by atoms with Gasteiger partial charge >= 0.3 is 0 Å². The molecule has 2 aromatic rings. The first-order valence-electron chi connectivity index (χ1n) is 7.72. The van der Waals surface area contributed by atoms with Crippen molar-refractivity contribution in [3.8, 4) is 5.75 Å². The standard InChI is InChI=1S/C19H23NO2/c1-13-9-14(2)19-16(10-13)18(21)17(12-22-19)20(3)11-15-7-5-4-6-8-15/h4-10,17-18,21H,11-12H2,1-3H3. The zero-order valence-electron chi connectivity index (χ0n) is 13.4. The van der Waals surface area contributed by atoms with E-state index in [4.69, 9.17) is 4.74 Å². The van der Waals surface area contributed by atoms with Crippen LogP contribution in [0.5, 0.6) is 5.75 Å². The molecule has 0 bridgehead atoms. The van der Waals surface area contributed by atoms with E-state index < -0.39 is 6.10 Å². The Morgan fingerprint density at radius 2 is 1.91 bits per heavy atom. The number of ether oxygens (including phenoxy) is 1. The van der Waals surface area contributed by atoms with Crippen LogP contribution in [0.25, 0.3) is 0 Å². The maximum absolute atomic E-state index is 10.8. The highest BCUT2D eigenvalue weighted by molar-refractivity contribution is 5.46. The van der Waals surface area contributed by atoms with Crippen molar-refractivity contribution >= 4 is 0 Å². The molecule has 0 radical (unpaired) electrons. The number of benzene rings is 2. The number of aryl methyl sites for hydroxylation is 2. The van der Waals surface area contributed by atoms with Gasteiger partial charge in [-0.2, -0.15) is 0 Å². The van der Waals surface area contributed by atoms with E-state index >= 15 is 0 Å². The molecule has 0 saturated carbocycles. The van der Waals surface area contributed by atoms with Gasteiger partial charge in [-0.3, -0.25) is 4.90 Å². The van der Waals surface area contributed by atoms with Crippen molar-refractivity contribution in [3.63, 3.8) is 0 Å². The molecule has 0 aliphatic carbocycles. The summed E-state index contributed by atoms with van der Waals surface area (Å²) in [5, 5.41) is 10.8. The van der Waals surface area contributed by atoms with Gasteiger partial charge < -0.3 is 9.84 Å². The fourth-order valence-electron chi connectivity index (χ4n) is 3.23. The van der Waals surface area contributed by atoms with Crippen molar-refractivity contribution < 1.29 is 9.84 Å². The summed E-state index contributed by atoms with van der Waals surface area (Å²) >= 11 is 0. The second-order valence-electron chi connectivity index (χ2n) is 6.22. The fraction of sp³-hybridized carbons (Fsp3) is 0.368. The summed E-state index contributed by atoms with van der Waals surface area (Å²) in [6, 6.07) is 14.4. The highest BCUT2D eigenvalue weighted by Gasteiger charge is 2.33. The van der Waals surface area contributed by atoms with E-state index in [1.165, 1.54) is 5.56 Å². The quantitative estimate of drug-likeness (QED) is 0.944. The molecule has 3 nitrogen and oxygen atoms in total. The number of aliphatic hydroxyl groups excluding tert-OH is 1. The van der Waals surface area contributed by atoms with Gasteiger partial charge in [-0.05, 0) is 38.1 Å². The zero-order valence-corrected chi connectivity index (χ0v) is 13.4. The minimum atomic E-state index is -0.518. The number of fused-ring (bicyclic) bond motifs is 1. The number of hydrogen-bond acceptors (Lipinski definition) is 3. The molecular weight excluding hydrogens is 274 g/mol. The van der Waals surface area contributed by atoms with Crippen LogP contribution in [-0.2, 0) is 6.54 Å². The first-order valence-corrected chi connectivity index (χ1v) is 7.72. The van der Waals surface area contributed by atoms with Gasteiger partial charge in [0.15, 0.2) is 0 Å². The van der Waals surface area contributed by atoms with E-state index in [2.05, 4.69) is 30.0 Å². The zero-order chi connectivity index (χ0) is 15.7. The molecule has 1 aliphatic rings. The molecule has 0 fully saturated rings. The summed E-state index contributed by atoms with van der Waals surface area (Å²) in [6.07, 6.45) is -0.518. The topological polar surface area (TPSA) is 32.7 Å². The molecule has 3 rings (SSSR count). The second kappa shape index (κ2) is 6.11. The van der Waals surface area contributed by atoms with Gasteiger partial charge in [-0.25, -0.2) is 0 Å². The summed E-state index contributed by atoms with van der Waals surface area (Å²) in [7, 11) is 2.04. The van der Waals surface area contributed by atoms with Crippen LogP contribution in [0.4, 0.5) is 0 Å². The predicted octanol–water partition coefficient (Wildman–Crippen LogP) is 3.23. The normalized spacial score (nSPS) is 20.6. The Labute approximate surface area is 132 Å². The number of rotatable bonds is 3. The SMILES string of the molecule is Cc1cc(C)c2c(c1)C(O)C(N(C)Cc1ccccc1)CO2. The Hall–Kier alpha value is -1.84. The Kier molecular flexibility index (Phi) is 4.19. The van der Waals surface area contributed by atoms with Crippen molar-refractivity contribution in [2.24, 2.45) is 0 Å². The Balaban J connectivity index is 1.81. The van der Waals surface area contributed by atoms with Crippen molar-refractivity contribution in [2.75, 3.05) is 13.7 Å². The van der Waals surface area contributed by atoms with Crippen LogP contribution >= 0.6 is 0 Å². The molecule has 1 N–H and O–H groups in total. The fourth-order valence-corrected chi connectivity index (χ4v) is 3.23. The van der Waals surface area contributed by atoms with E-state index in [1.54, 1.807) is 0 Å². The smallest absolute Gasteiger partial charge is 0.128 e. The maximum atomic E-state index is 10.8. The lowest BCUT2D eigenvalue weighted by Gasteiger charge is -2.37. The highest BCUT2D eigenvalue weighted by atomic mass is 16.5. The molecule has 0 spiro atoms. The van der Waals surface area contributed by atoms with Crippen LogP contribution in [0.15, 0.2) is 42.5 Å². The minimum Gasteiger partial charge on any atom is -0.491 e. The van der Waals surface area contributed by atoms with Gasteiger partial charge in [-0.1, -0.05) is 42.0 Å². The molecule has 2 atom stereocenters. The van der Waals surface area contributed by atoms with E-state index in [9.17, 15) is 5.11 Å². The van der Waals surface area contributed by atoms with Crippen LogP contribution in [0.3, 0.4) is 0 Å². The molecule has 2 unspecified atom stereocenters. The monoisotopic (exact) mass is 297 g/mol. The van der Waals surface area contributed by atoms with Crippen molar-refractivity contribution in [2.45, 2.75) is 32.5 Å². The highest BCUT2D eigenvalue weighted by Crippen LogP contribution is 2.37. The third-order valence-corrected chi connectivity index (χ3v) is 4.37. The van der Waals surface area contributed by atoms with E-state index in [1.807, 2.05) is 38.2 Å². The molecule has 22 heavy (non-hydrogen) atoms. The van der Waals surface area contributed by atoms with E-state index in [-0.39, 0.29) is 6.04 Å². The Bertz CT molecular complexity index is 654. The van der Waals surface area contributed by atoms with Gasteiger partial charge in [0, 0.05) is 12.1 Å². The van der Waals surface area contributed by atoms with E-state index in [0.717, 1.165) is 29.0 Å². The summed E-state index contributed by atoms with van der Waals surface area (Å²) in [5.41, 5.74) is 4.40. The summed E-state index contributed by atoms with van der Waals surface area (Å²) < 4.78 is 5.95. The molecule has 1 heterocycles.